The van der Waals surface area contributed by atoms with Gasteiger partial charge in [-0.05, 0) is 134 Å². The van der Waals surface area contributed by atoms with E-state index >= 15 is 0 Å². The highest BCUT2D eigenvalue weighted by molar-refractivity contribution is 5.55. The number of aliphatic hydroxyl groups is 4. The monoisotopic (exact) mass is 612 g/mol. The maximum Gasteiger partial charge on any atom is 0.0785 e. The molecule has 0 amide bonds. The zero-order chi connectivity index (χ0) is 31.7. The summed E-state index contributed by atoms with van der Waals surface area (Å²) >= 11 is 0. The third kappa shape index (κ3) is 7.38. The van der Waals surface area contributed by atoms with Crippen LogP contribution in [0.3, 0.4) is 0 Å². The fourth-order valence-corrected chi connectivity index (χ4v) is 8.83. The molecule has 248 valence electrons. The fraction of sp³-hybridized carbons (Fsp3) is 0.778. The van der Waals surface area contributed by atoms with E-state index in [9.17, 15) is 30.6 Å². The average Bonchev–Trinajstić information content (AvgIpc) is 2.98. The topological polar surface area (TPSA) is 134 Å². The molecule has 0 aromatic heterocycles. The lowest BCUT2D eigenvalue weighted by atomic mass is 9.65. The predicted molar refractivity (Wildman–Crippen MR) is 168 cm³/mol. The van der Waals surface area contributed by atoms with Crippen LogP contribution in [0.1, 0.15) is 77.0 Å². The van der Waals surface area contributed by atoms with Gasteiger partial charge in [-0.2, -0.15) is 0 Å². The molecule has 8 nitrogen and oxygen atoms in total. The normalized spacial score (nSPS) is 42.6. The standard InChI is InChI=1S/C36H57N2O6/c1-37(2)25-13-9-21(10-14-25)5-7-23-17-27(39)31(28(40)18-23)33-35(43)34(36(33)44)32-29(41)19-24(20-30(32)42)8-6-22-11-15-26(16-12-22)38(3)4/h5-8,21-31,35,39-42,44H,9-20H2,1-4H3/q-1/p-1/b7-5+,8-6+,34-32?. The van der Waals surface area contributed by atoms with E-state index in [0.717, 1.165) is 25.7 Å². The Morgan fingerprint density at radius 3 is 1.34 bits per heavy atom. The van der Waals surface area contributed by atoms with Crippen LogP contribution in [-0.2, 0) is 0 Å². The van der Waals surface area contributed by atoms with Crippen molar-refractivity contribution in [2.45, 2.75) is 120 Å². The van der Waals surface area contributed by atoms with Crippen molar-refractivity contribution in [3.05, 3.63) is 46.8 Å². The molecule has 0 aromatic rings. The lowest BCUT2D eigenvalue weighted by Crippen LogP contribution is -2.54. The Kier molecular flexibility index (Phi) is 11.1. The number of allylic oxidation sites excluding steroid dienone is 4. The Morgan fingerprint density at radius 2 is 0.955 bits per heavy atom. The van der Waals surface area contributed by atoms with E-state index in [2.05, 4.69) is 62.3 Å². The lowest BCUT2D eigenvalue weighted by Gasteiger charge is -2.54. The minimum atomic E-state index is -1.53. The molecule has 0 saturated heterocycles. The molecule has 8 heteroatoms. The summed E-state index contributed by atoms with van der Waals surface area (Å²) in [5.74, 6) is -0.410. The van der Waals surface area contributed by atoms with Crippen molar-refractivity contribution in [3.8, 4) is 0 Å². The summed E-state index contributed by atoms with van der Waals surface area (Å²) in [5, 5.41) is 70.8. The van der Waals surface area contributed by atoms with Crippen molar-refractivity contribution in [1.29, 1.82) is 0 Å². The summed E-state index contributed by atoms with van der Waals surface area (Å²) in [7, 11) is 8.52. The minimum Gasteiger partial charge on any atom is -0.872 e. The third-order valence-corrected chi connectivity index (χ3v) is 11.7. The van der Waals surface area contributed by atoms with Crippen LogP contribution in [0.2, 0.25) is 0 Å². The SMILES string of the molecule is CN(C)C1CCC(/C=C/C2CC(O)C(=C3C([O-])=C(C4C(O)CC(/C=C/C5CCC(N(C)C)CC5)CC4O)C3[O-])C(O)C2)CC1. The summed E-state index contributed by atoms with van der Waals surface area (Å²) in [6, 6.07) is 1.26. The molecule has 5 unspecified atom stereocenters. The highest BCUT2D eigenvalue weighted by Crippen LogP contribution is 2.46. The second-order valence-corrected chi connectivity index (χ2v) is 15.0. The van der Waals surface area contributed by atoms with E-state index in [4.69, 9.17) is 0 Å². The average molecular weight is 613 g/mol. The molecule has 0 radical (unpaired) electrons. The summed E-state index contributed by atoms with van der Waals surface area (Å²) in [4.78, 5) is 4.58. The van der Waals surface area contributed by atoms with Crippen LogP contribution in [0.5, 0.6) is 0 Å². The number of rotatable bonds is 7. The van der Waals surface area contributed by atoms with Crippen molar-refractivity contribution in [2.24, 2.45) is 29.6 Å². The van der Waals surface area contributed by atoms with E-state index in [0.29, 0.717) is 49.6 Å². The third-order valence-electron chi connectivity index (χ3n) is 11.7. The van der Waals surface area contributed by atoms with Crippen molar-refractivity contribution < 1.29 is 30.6 Å². The van der Waals surface area contributed by atoms with Crippen LogP contribution in [-0.4, -0.2) is 101 Å². The number of nitrogens with zero attached hydrogens (tertiary/aromatic N) is 2. The van der Waals surface area contributed by atoms with Crippen LogP contribution < -0.4 is 10.2 Å². The van der Waals surface area contributed by atoms with Gasteiger partial charge in [-0.15, -0.1) is 5.76 Å². The van der Waals surface area contributed by atoms with Gasteiger partial charge in [0.1, 0.15) is 0 Å². The summed E-state index contributed by atoms with van der Waals surface area (Å²) in [6.45, 7) is 0. The van der Waals surface area contributed by atoms with Gasteiger partial charge in [-0.3, -0.25) is 0 Å². The molecular weight excluding hydrogens is 556 g/mol. The second-order valence-electron chi connectivity index (χ2n) is 15.0. The highest BCUT2D eigenvalue weighted by atomic mass is 16.3. The molecule has 0 heterocycles. The van der Waals surface area contributed by atoms with Crippen LogP contribution in [0.4, 0.5) is 0 Å². The second kappa shape index (κ2) is 14.5. The predicted octanol–water partition coefficient (Wildman–Crippen LogP) is 1.87. The van der Waals surface area contributed by atoms with Gasteiger partial charge >= 0.3 is 0 Å². The molecule has 0 spiro atoms. The van der Waals surface area contributed by atoms with Gasteiger partial charge < -0.3 is 40.4 Å². The summed E-state index contributed by atoms with van der Waals surface area (Å²) < 4.78 is 0. The van der Waals surface area contributed by atoms with E-state index in [1.807, 2.05) is 0 Å². The Labute approximate surface area is 264 Å². The molecule has 5 aliphatic rings. The Morgan fingerprint density at radius 1 is 0.568 bits per heavy atom. The summed E-state index contributed by atoms with van der Waals surface area (Å²) in [6.07, 6.45) is 13.8. The van der Waals surface area contributed by atoms with Crippen molar-refractivity contribution in [2.75, 3.05) is 28.2 Å². The van der Waals surface area contributed by atoms with Gasteiger partial charge in [0, 0.05) is 18.0 Å². The zero-order valence-electron chi connectivity index (χ0n) is 27.2. The highest BCUT2D eigenvalue weighted by Gasteiger charge is 2.43. The summed E-state index contributed by atoms with van der Waals surface area (Å²) in [5.41, 5.74) is 0.102. The minimum absolute atomic E-state index is 0.00322. The molecule has 4 N–H and O–H groups in total. The quantitative estimate of drug-likeness (QED) is 0.321. The van der Waals surface area contributed by atoms with Gasteiger partial charge in [-0.25, -0.2) is 0 Å². The van der Waals surface area contributed by atoms with E-state index in [1.165, 1.54) is 25.7 Å². The first-order valence-corrected chi connectivity index (χ1v) is 17.2. The molecular formula is C36H56N2O6-2. The van der Waals surface area contributed by atoms with E-state index in [1.54, 1.807) is 0 Å². The van der Waals surface area contributed by atoms with Gasteiger partial charge in [0.05, 0.1) is 24.4 Å². The van der Waals surface area contributed by atoms with Crippen LogP contribution in [0.15, 0.2) is 46.8 Å². The van der Waals surface area contributed by atoms with E-state index in [-0.39, 0.29) is 28.6 Å². The molecule has 0 aliphatic heterocycles. The van der Waals surface area contributed by atoms with Gasteiger partial charge in [0.2, 0.25) is 0 Å². The fourth-order valence-electron chi connectivity index (χ4n) is 8.83. The lowest BCUT2D eigenvalue weighted by molar-refractivity contribution is -0.418. The molecule has 5 aliphatic carbocycles. The number of aliphatic hydroxyl groups excluding tert-OH is 4. The molecule has 5 atom stereocenters. The molecule has 4 saturated carbocycles. The van der Waals surface area contributed by atoms with Gasteiger partial charge in [0.25, 0.3) is 0 Å². The number of hydrogen-bond donors (Lipinski definition) is 4. The van der Waals surface area contributed by atoms with Crippen LogP contribution >= 0.6 is 0 Å². The maximum absolute atomic E-state index is 13.4. The Bertz CT molecular complexity index is 1070. The van der Waals surface area contributed by atoms with Crippen LogP contribution in [0, 0.1) is 29.6 Å². The maximum atomic E-state index is 13.4. The van der Waals surface area contributed by atoms with Crippen molar-refractivity contribution in [1.82, 2.24) is 9.80 Å². The smallest absolute Gasteiger partial charge is 0.0785 e. The zero-order valence-corrected chi connectivity index (χ0v) is 27.2. The molecule has 4 fully saturated rings. The first kappa shape index (κ1) is 33.8. The first-order valence-electron chi connectivity index (χ1n) is 17.2. The molecule has 44 heavy (non-hydrogen) atoms. The van der Waals surface area contributed by atoms with Crippen LogP contribution in [0.25, 0.3) is 0 Å². The van der Waals surface area contributed by atoms with Gasteiger partial charge in [-0.1, -0.05) is 41.6 Å². The van der Waals surface area contributed by atoms with Crippen molar-refractivity contribution in [3.63, 3.8) is 0 Å². The molecule has 5 rings (SSSR count). The Balaban J connectivity index is 1.18. The number of hydrogen-bond acceptors (Lipinski definition) is 8. The Hall–Kier alpha value is -1.52. The molecule has 0 bridgehead atoms. The molecule has 0 aromatic carbocycles. The first-order chi connectivity index (χ1) is 20.9. The van der Waals surface area contributed by atoms with Gasteiger partial charge in [0.15, 0.2) is 0 Å². The van der Waals surface area contributed by atoms with E-state index < -0.39 is 42.2 Å². The van der Waals surface area contributed by atoms with Crippen molar-refractivity contribution >= 4 is 0 Å². The largest absolute Gasteiger partial charge is 0.872 e.